The van der Waals surface area contributed by atoms with Crippen molar-refractivity contribution < 1.29 is 14.6 Å². The van der Waals surface area contributed by atoms with Crippen molar-refractivity contribution in [2.24, 2.45) is 52.3 Å². The van der Waals surface area contributed by atoms with Crippen LogP contribution in [0.15, 0.2) is 42.5 Å². The van der Waals surface area contributed by atoms with Crippen molar-refractivity contribution in [1.29, 1.82) is 0 Å². The first-order chi connectivity index (χ1) is 22.5. The summed E-state index contributed by atoms with van der Waals surface area (Å²) >= 11 is 0. The molecule has 4 fully saturated rings. The standard InChI is InChI=1S/C42H60N2O3/c1-27(24-30-25-29(12-20-40(45)46)11-18-38(30)47-39-19-14-32(43)26-37(39)44)8-7-9-28(2)34-16-17-35-33-15-13-31-10-5-6-22-41(31,3)36(33)21-23-42(34,35)4/h11-12,14,18-20,25-28,31,33-36H,5-10,13,15-17,21-24,43-44H2,1-4H3,(H,45,46)/t27?,28-,31?,33+,34-,35+,36+,41+,42-/m1/s1. The van der Waals surface area contributed by atoms with Crippen LogP contribution in [0.3, 0.4) is 0 Å². The summed E-state index contributed by atoms with van der Waals surface area (Å²) in [6.07, 6.45) is 22.2. The zero-order valence-electron chi connectivity index (χ0n) is 29.5. The molecule has 2 aromatic carbocycles. The molecule has 9 atom stereocenters. The highest BCUT2D eigenvalue weighted by molar-refractivity contribution is 5.85. The number of carbonyl (C=O) groups is 1. The molecule has 5 heteroatoms. The second kappa shape index (κ2) is 13.9. The van der Waals surface area contributed by atoms with Gasteiger partial charge in [-0.3, -0.25) is 0 Å². The van der Waals surface area contributed by atoms with Crippen molar-refractivity contribution in [3.05, 3.63) is 53.6 Å². The summed E-state index contributed by atoms with van der Waals surface area (Å²) in [5.41, 5.74) is 16.3. The number of aliphatic carboxylic acids is 1. The van der Waals surface area contributed by atoms with Crippen molar-refractivity contribution >= 4 is 23.4 Å². The van der Waals surface area contributed by atoms with Crippen molar-refractivity contribution in [1.82, 2.24) is 0 Å². The summed E-state index contributed by atoms with van der Waals surface area (Å²) in [6, 6.07) is 11.2. The minimum absolute atomic E-state index is 0.473. The maximum absolute atomic E-state index is 11.2. The minimum atomic E-state index is -0.953. The largest absolute Gasteiger partial charge is 0.478 e. The molecule has 0 bridgehead atoms. The normalized spacial score (nSPS) is 33.1. The number of nitrogens with two attached hydrogens (primary N) is 2. The Balaban J connectivity index is 1.07. The number of ether oxygens (including phenoxy) is 1. The van der Waals surface area contributed by atoms with Crippen LogP contribution in [0.5, 0.6) is 11.5 Å². The Morgan fingerprint density at radius 1 is 0.915 bits per heavy atom. The summed E-state index contributed by atoms with van der Waals surface area (Å²) < 4.78 is 6.30. The first-order valence-electron chi connectivity index (χ1n) is 18.8. The number of carboxylic acid groups (broad SMARTS) is 1. The van der Waals surface area contributed by atoms with E-state index in [1.165, 1.54) is 89.5 Å². The van der Waals surface area contributed by atoms with Gasteiger partial charge in [0.2, 0.25) is 0 Å². The van der Waals surface area contributed by atoms with Crippen LogP contribution in [-0.2, 0) is 11.2 Å². The van der Waals surface area contributed by atoms with E-state index in [-0.39, 0.29) is 0 Å². The summed E-state index contributed by atoms with van der Waals surface area (Å²) in [5, 5.41) is 9.16. The molecule has 4 aliphatic carbocycles. The fourth-order valence-electron chi connectivity index (χ4n) is 11.6. The molecule has 4 aliphatic rings. The summed E-state index contributed by atoms with van der Waals surface area (Å²) in [4.78, 5) is 11.2. The molecule has 6 rings (SSSR count). The maximum atomic E-state index is 11.2. The summed E-state index contributed by atoms with van der Waals surface area (Å²) in [6.45, 7) is 10.3. The molecule has 0 amide bonds. The van der Waals surface area contributed by atoms with Crippen molar-refractivity contribution in [2.45, 2.75) is 118 Å². The fraction of sp³-hybridized carbons (Fsp3) is 0.643. The number of anilines is 2. The lowest BCUT2D eigenvalue weighted by atomic mass is 9.44. The summed E-state index contributed by atoms with van der Waals surface area (Å²) in [7, 11) is 0. The van der Waals surface area contributed by atoms with Crippen LogP contribution in [0.2, 0.25) is 0 Å². The molecule has 0 spiro atoms. The average molecular weight is 641 g/mol. The first-order valence-corrected chi connectivity index (χ1v) is 18.8. The molecule has 0 radical (unpaired) electrons. The predicted octanol–water partition coefficient (Wildman–Crippen LogP) is 10.8. The van der Waals surface area contributed by atoms with Crippen LogP contribution in [-0.4, -0.2) is 11.1 Å². The molecule has 256 valence electrons. The highest BCUT2D eigenvalue weighted by atomic mass is 16.5. The first kappa shape index (κ1) is 33.9. The Morgan fingerprint density at radius 3 is 2.49 bits per heavy atom. The number of rotatable bonds is 11. The smallest absolute Gasteiger partial charge is 0.328 e. The Bertz CT molecular complexity index is 1450. The zero-order chi connectivity index (χ0) is 33.3. The van der Waals surface area contributed by atoms with Gasteiger partial charge in [0.1, 0.15) is 11.5 Å². The van der Waals surface area contributed by atoms with Crippen LogP contribution in [0.25, 0.3) is 6.08 Å². The molecule has 0 saturated heterocycles. The summed E-state index contributed by atoms with van der Waals surface area (Å²) in [5.74, 6) is 6.40. The van der Waals surface area contributed by atoms with Crippen LogP contribution >= 0.6 is 0 Å². The van der Waals surface area contributed by atoms with Gasteiger partial charge in [-0.25, -0.2) is 4.79 Å². The van der Waals surface area contributed by atoms with Crippen molar-refractivity contribution in [3.8, 4) is 11.5 Å². The van der Waals surface area contributed by atoms with E-state index in [0.29, 0.717) is 33.9 Å². The van der Waals surface area contributed by atoms with Gasteiger partial charge in [0.25, 0.3) is 0 Å². The van der Waals surface area contributed by atoms with Gasteiger partial charge in [0, 0.05) is 11.8 Å². The van der Waals surface area contributed by atoms with Crippen LogP contribution < -0.4 is 16.2 Å². The molecule has 5 N–H and O–H groups in total. The molecule has 0 aromatic heterocycles. The van der Waals surface area contributed by atoms with Gasteiger partial charge in [-0.2, -0.15) is 0 Å². The Morgan fingerprint density at radius 2 is 1.70 bits per heavy atom. The van der Waals surface area contributed by atoms with E-state index < -0.39 is 5.97 Å². The Hall–Kier alpha value is -2.95. The number of nitrogen functional groups attached to an aromatic ring is 2. The highest BCUT2D eigenvalue weighted by Crippen LogP contribution is 2.68. The van der Waals surface area contributed by atoms with Gasteiger partial charge in [0.05, 0.1) is 5.69 Å². The van der Waals surface area contributed by atoms with E-state index in [1.807, 2.05) is 12.1 Å². The van der Waals surface area contributed by atoms with E-state index >= 15 is 0 Å². The Kier molecular flexibility index (Phi) is 10.0. The minimum Gasteiger partial charge on any atom is -0.478 e. The van der Waals surface area contributed by atoms with Gasteiger partial charge in [-0.1, -0.05) is 65.9 Å². The maximum Gasteiger partial charge on any atom is 0.328 e. The molecule has 47 heavy (non-hydrogen) atoms. The molecule has 2 aromatic rings. The third-order valence-electron chi connectivity index (χ3n) is 14.0. The number of benzene rings is 2. The van der Waals surface area contributed by atoms with Gasteiger partial charge >= 0.3 is 5.97 Å². The number of hydrogen-bond acceptors (Lipinski definition) is 4. The lowest BCUT2D eigenvalue weighted by Crippen LogP contribution is -2.53. The third-order valence-corrected chi connectivity index (χ3v) is 14.0. The van der Waals surface area contributed by atoms with E-state index in [9.17, 15) is 4.79 Å². The van der Waals surface area contributed by atoms with Gasteiger partial charge < -0.3 is 21.3 Å². The van der Waals surface area contributed by atoms with Crippen LogP contribution in [0.4, 0.5) is 11.4 Å². The second-order valence-corrected chi connectivity index (χ2v) is 16.8. The molecule has 2 unspecified atom stereocenters. The number of hydrogen-bond donors (Lipinski definition) is 3. The van der Waals surface area contributed by atoms with Gasteiger partial charge in [0.15, 0.2) is 0 Å². The monoisotopic (exact) mass is 640 g/mol. The van der Waals surface area contributed by atoms with E-state index in [1.54, 1.807) is 24.3 Å². The zero-order valence-corrected chi connectivity index (χ0v) is 29.5. The van der Waals surface area contributed by atoms with E-state index in [0.717, 1.165) is 58.8 Å². The van der Waals surface area contributed by atoms with E-state index in [2.05, 4.69) is 33.8 Å². The molecule has 0 heterocycles. The van der Waals surface area contributed by atoms with Gasteiger partial charge in [-0.05, 0) is 158 Å². The number of fused-ring (bicyclic) bond motifs is 5. The predicted molar refractivity (Wildman–Crippen MR) is 194 cm³/mol. The van der Waals surface area contributed by atoms with Crippen molar-refractivity contribution in [3.63, 3.8) is 0 Å². The second-order valence-electron chi connectivity index (χ2n) is 16.8. The van der Waals surface area contributed by atoms with Crippen molar-refractivity contribution in [2.75, 3.05) is 11.5 Å². The average Bonchev–Trinajstić information content (AvgIpc) is 3.39. The fourth-order valence-corrected chi connectivity index (χ4v) is 11.6. The molecule has 0 aliphatic heterocycles. The number of carboxylic acids is 1. The lowest BCUT2D eigenvalue weighted by molar-refractivity contribution is -0.131. The molecule has 5 nitrogen and oxygen atoms in total. The molecule has 4 saturated carbocycles. The highest BCUT2D eigenvalue weighted by Gasteiger charge is 2.60. The van der Waals surface area contributed by atoms with Crippen LogP contribution in [0.1, 0.15) is 122 Å². The SMILES string of the molecule is CC(CCC[C@@H](C)[C@H]1CC[C@H]2[C@@H]3CCC4CCCC[C@]4(C)[C@H]3CC[C@]12C)Cc1cc(C=CC(=O)O)ccc1Oc1ccc(N)cc1N. The van der Waals surface area contributed by atoms with E-state index in [4.69, 9.17) is 21.3 Å². The Labute approximate surface area is 283 Å². The topological polar surface area (TPSA) is 98.6 Å². The molecular weight excluding hydrogens is 580 g/mol. The third kappa shape index (κ3) is 6.97. The van der Waals surface area contributed by atoms with Crippen LogP contribution in [0, 0.1) is 52.3 Å². The van der Waals surface area contributed by atoms with Gasteiger partial charge in [-0.15, -0.1) is 0 Å². The lowest BCUT2D eigenvalue weighted by Gasteiger charge is -2.61. The quantitative estimate of drug-likeness (QED) is 0.168. The molecular formula is C42H60N2O3.